The molecule has 8 bridgehead atoms. The molecule has 2 heteroatoms. The van der Waals surface area contributed by atoms with Crippen molar-refractivity contribution in [1.82, 2.24) is 9.97 Å². The maximum Gasteiger partial charge on any atom is 0.0705 e. The van der Waals surface area contributed by atoms with Crippen molar-refractivity contribution in [1.29, 1.82) is 0 Å². The molecular formula is C32H34N2. The number of hydrogen-bond donors (Lipinski definition) is 0. The molecule has 3 heterocycles. The van der Waals surface area contributed by atoms with Crippen LogP contribution in [0.5, 0.6) is 0 Å². The Balaban J connectivity index is 1.88. The number of fused-ring (bicyclic) bond motifs is 10. The van der Waals surface area contributed by atoms with Crippen molar-refractivity contribution in [3.05, 3.63) is 107 Å². The van der Waals surface area contributed by atoms with Crippen LogP contribution in [0.1, 0.15) is 76.5 Å². The second kappa shape index (κ2) is 7.63. The molecule has 0 saturated heterocycles. The molecule has 0 spiro atoms. The molecule has 2 aromatic heterocycles. The van der Waals surface area contributed by atoms with Gasteiger partial charge in [-0.05, 0) is 64.6 Å². The van der Waals surface area contributed by atoms with E-state index in [1.807, 2.05) is 0 Å². The van der Waals surface area contributed by atoms with Crippen LogP contribution in [-0.4, -0.2) is 9.97 Å². The summed E-state index contributed by atoms with van der Waals surface area (Å²) in [4.78, 5) is 10.4. The van der Waals surface area contributed by atoms with E-state index < -0.39 is 0 Å². The van der Waals surface area contributed by atoms with Gasteiger partial charge in [0.1, 0.15) is 0 Å². The molecule has 0 fully saturated rings. The molecular weight excluding hydrogens is 412 g/mol. The Kier molecular flexibility index (Phi) is 5.06. The van der Waals surface area contributed by atoms with Gasteiger partial charge in [-0.15, -0.1) is 0 Å². The van der Waals surface area contributed by atoms with Gasteiger partial charge in [0.05, 0.1) is 22.8 Å². The predicted molar refractivity (Wildman–Crippen MR) is 142 cm³/mol. The lowest BCUT2D eigenvalue weighted by Gasteiger charge is -2.30. The highest BCUT2D eigenvalue weighted by atomic mass is 14.7. The fourth-order valence-electron chi connectivity index (χ4n) is 4.82. The summed E-state index contributed by atoms with van der Waals surface area (Å²) in [5, 5.41) is 0. The van der Waals surface area contributed by atoms with Crippen LogP contribution in [0.3, 0.4) is 0 Å². The highest BCUT2D eigenvalue weighted by Crippen LogP contribution is 2.39. The van der Waals surface area contributed by atoms with Gasteiger partial charge in [0.2, 0.25) is 0 Å². The minimum Gasteiger partial charge on any atom is -0.252 e. The molecule has 0 unspecified atom stereocenters. The van der Waals surface area contributed by atoms with E-state index in [4.69, 9.17) is 9.97 Å². The van der Waals surface area contributed by atoms with Crippen molar-refractivity contribution in [3.8, 4) is 22.5 Å². The first kappa shape index (κ1) is 22.5. The van der Waals surface area contributed by atoms with Crippen LogP contribution < -0.4 is 0 Å². The fourth-order valence-corrected chi connectivity index (χ4v) is 4.82. The van der Waals surface area contributed by atoms with Gasteiger partial charge in [-0.3, -0.25) is 9.97 Å². The summed E-state index contributed by atoms with van der Waals surface area (Å²) in [6.07, 6.45) is 0. The van der Waals surface area contributed by atoms with Gasteiger partial charge in [0.15, 0.2) is 0 Å². The first-order chi connectivity index (χ1) is 16.0. The van der Waals surface area contributed by atoms with Crippen LogP contribution in [0, 0.1) is 0 Å². The van der Waals surface area contributed by atoms with Gasteiger partial charge in [-0.2, -0.15) is 0 Å². The Hall–Kier alpha value is -3.26. The number of aromatic nitrogens is 2. The third-order valence-electron chi connectivity index (χ3n) is 7.48. The van der Waals surface area contributed by atoms with Gasteiger partial charge < -0.3 is 0 Å². The third kappa shape index (κ3) is 3.76. The lowest BCUT2D eigenvalue weighted by molar-refractivity contribution is 0.578. The molecule has 0 saturated carbocycles. The average Bonchev–Trinajstić information content (AvgIpc) is 2.83. The maximum atomic E-state index is 5.22. The number of benzene rings is 2. The lowest BCUT2D eigenvalue weighted by atomic mass is 9.76. The van der Waals surface area contributed by atoms with E-state index in [1.165, 1.54) is 16.7 Å². The first-order valence-electron chi connectivity index (χ1n) is 12.2. The highest BCUT2D eigenvalue weighted by Gasteiger charge is 2.30. The quantitative estimate of drug-likeness (QED) is 0.273. The summed E-state index contributed by atoms with van der Waals surface area (Å²) < 4.78 is 0. The van der Waals surface area contributed by atoms with Crippen LogP contribution in [-0.2, 0) is 16.2 Å². The molecule has 0 radical (unpaired) electrons. The second-order valence-electron chi connectivity index (χ2n) is 11.7. The predicted octanol–water partition coefficient (Wildman–Crippen LogP) is 8.07. The minimum atomic E-state index is -0.259. The zero-order chi connectivity index (χ0) is 24.3. The van der Waals surface area contributed by atoms with Crippen LogP contribution in [0.4, 0.5) is 0 Å². The van der Waals surface area contributed by atoms with Crippen molar-refractivity contribution in [2.75, 3.05) is 0 Å². The minimum absolute atomic E-state index is 0.0237. The van der Waals surface area contributed by atoms with E-state index in [0.29, 0.717) is 0 Å². The average molecular weight is 447 g/mol. The molecule has 1 aliphatic rings. The topological polar surface area (TPSA) is 25.8 Å². The van der Waals surface area contributed by atoms with Crippen LogP contribution in [0.25, 0.3) is 22.5 Å². The van der Waals surface area contributed by atoms with Gasteiger partial charge in [-0.1, -0.05) is 84.9 Å². The van der Waals surface area contributed by atoms with Crippen LogP contribution in [0.15, 0.2) is 78.9 Å². The van der Waals surface area contributed by atoms with E-state index in [0.717, 1.165) is 33.9 Å². The summed E-state index contributed by atoms with van der Waals surface area (Å²) in [6.45, 7) is 15.9. The summed E-state index contributed by atoms with van der Waals surface area (Å²) in [5.74, 6) is 0. The highest BCUT2D eigenvalue weighted by molar-refractivity contribution is 5.66. The van der Waals surface area contributed by atoms with Crippen LogP contribution in [0.2, 0.25) is 0 Å². The van der Waals surface area contributed by atoms with E-state index in [9.17, 15) is 0 Å². The van der Waals surface area contributed by atoms with Gasteiger partial charge in [0, 0.05) is 22.0 Å². The molecule has 0 aliphatic carbocycles. The maximum absolute atomic E-state index is 5.22. The fraction of sp³-hybridized carbons (Fsp3) is 0.312. The van der Waals surface area contributed by atoms with E-state index in [2.05, 4.69) is 127 Å². The summed E-state index contributed by atoms with van der Waals surface area (Å²) in [6, 6.07) is 28.6. The summed E-state index contributed by atoms with van der Waals surface area (Å²) in [7, 11) is 0. The van der Waals surface area contributed by atoms with Crippen LogP contribution >= 0.6 is 0 Å². The van der Waals surface area contributed by atoms with Gasteiger partial charge >= 0.3 is 0 Å². The van der Waals surface area contributed by atoms with Crippen molar-refractivity contribution in [2.45, 2.75) is 64.7 Å². The molecule has 34 heavy (non-hydrogen) atoms. The van der Waals surface area contributed by atoms with Crippen molar-refractivity contribution in [3.63, 3.8) is 0 Å². The monoisotopic (exact) mass is 446 g/mol. The largest absolute Gasteiger partial charge is 0.252 e. The number of pyridine rings is 2. The molecule has 0 atom stereocenters. The molecule has 4 aromatic rings. The number of nitrogens with zero attached hydrogens (tertiary/aromatic N) is 2. The smallest absolute Gasteiger partial charge is 0.0705 e. The molecule has 172 valence electrons. The molecule has 0 N–H and O–H groups in total. The Labute approximate surface area is 204 Å². The summed E-state index contributed by atoms with van der Waals surface area (Å²) in [5.41, 5.74) is 9.81. The number of rotatable bonds is 0. The Morgan fingerprint density at radius 1 is 0.559 bits per heavy atom. The molecule has 2 nitrogen and oxygen atoms in total. The Bertz CT molecular complexity index is 1390. The lowest BCUT2D eigenvalue weighted by Crippen LogP contribution is -2.23. The Morgan fingerprint density at radius 3 is 1.71 bits per heavy atom. The van der Waals surface area contributed by atoms with E-state index >= 15 is 0 Å². The number of hydrogen-bond acceptors (Lipinski definition) is 2. The van der Waals surface area contributed by atoms with Crippen molar-refractivity contribution in [2.24, 2.45) is 0 Å². The van der Waals surface area contributed by atoms with E-state index in [1.54, 1.807) is 0 Å². The van der Waals surface area contributed by atoms with Gasteiger partial charge in [-0.25, -0.2) is 0 Å². The van der Waals surface area contributed by atoms with Gasteiger partial charge in [0.25, 0.3) is 0 Å². The molecule has 0 amide bonds. The third-order valence-corrected chi connectivity index (χ3v) is 7.48. The van der Waals surface area contributed by atoms with Crippen molar-refractivity contribution < 1.29 is 0 Å². The normalized spacial score (nSPS) is 16.0. The van der Waals surface area contributed by atoms with Crippen molar-refractivity contribution >= 4 is 0 Å². The summed E-state index contributed by atoms with van der Waals surface area (Å²) >= 11 is 0. The zero-order valence-corrected chi connectivity index (χ0v) is 21.4. The van der Waals surface area contributed by atoms with E-state index in [-0.39, 0.29) is 16.2 Å². The molecule has 5 rings (SSSR count). The first-order valence-corrected chi connectivity index (χ1v) is 12.2. The second-order valence-corrected chi connectivity index (χ2v) is 11.7. The zero-order valence-electron chi connectivity index (χ0n) is 21.4. The standard InChI is InChI=1S/C32H34N2/c1-30(2,3)24-18-22-19-25(20-24)32(6,7)29-16-9-13-26(33-29)21-11-8-12-23(17-21)31(4,5)28-15-10-14-27(22)34-28/h8-20H,1-7H3. The Morgan fingerprint density at radius 2 is 1.09 bits per heavy atom. The SMILES string of the molecule is CC(C)(C)c1cc2cc(c1)C(C)(C)c1cccc(n1)-c1cccc(c1)C(C)(C)c1cccc-2n1. The molecule has 2 aromatic carbocycles. The molecule has 1 aliphatic heterocycles.